The monoisotopic (exact) mass is 320 g/mol. The number of carboxylic acids is 1. The highest BCUT2D eigenvalue weighted by Crippen LogP contribution is 2.25. The quantitative estimate of drug-likeness (QED) is 0.664. The summed E-state index contributed by atoms with van der Waals surface area (Å²) in [5.74, 6) is -1.13. The molecule has 1 aromatic rings. The maximum absolute atomic E-state index is 12.8. The molecule has 124 valence electrons. The minimum atomic E-state index is -0.880. The van der Waals surface area contributed by atoms with Crippen molar-refractivity contribution >= 4 is 17.6 Å². The highest BCUT2D eigenvalue weighted by Gasteiger charge is 2.29. The molecule has 7 heteroatoms. The van der Waals surface area contributed by atoms with Crippen molar-refractivity contribution in [3.05, 3.63) is 39.4 Å². The van der Waals surface area contributed by atoms with Crippen LogP contribution in [0.1, 0.15) is 48.0 Å². The van der Waals surface area contributed by atoms with E-state index in [2.05, 4.69) is 0 Å². The molecule has 2 rings (SSSR count). The van der Waals surface area contributed by atoms with Crippen molar-refractivity contribution in [2.75, 3.05) is 6.54 Å². The number of nitrogens with zero attached hydrogens (tertiary/aromatic N) is 2. The van der Waals surface area contributed by atoms with Crippen LogP contribution in [0.25, 0.3) is 0 Å². The molecule has 1 saturated heterocycles. The molecule has 1 fully saturated rings. The zero-order chi connectivity index (χ0) is 17.0. The van der Waals surface area contributed by atoms with E-state index in [-0.39, 0.29) is 24.1 Å². The summed E-state index contributed by atoms with van der Waals surface area (Å²) < 4.78 is 0. The Morgan fingerprint density at radius 3 is 2.78 bits per heavy atom. The molecule has 0 aliphatic carbocycles. The number of carbonyl (C=O) groups is 2. The van der Waals surface area contributed by atoms with E-state index in [0.717, 1.165) is 19.3 Å². The van der Waals surface area contributed by atoms with Gasteiger partial charge in [-0.25, -0.2) is 0 Å². The first-order valence-corrected chi connectivity index (χ1v) is 7.68. The van der Waals surface area contributed by atoms with E-state index in [1.165, 1.54) is 12.1 Å². The summed E-state index contributed by atoms with van der Waals surface area (Å²) in [6.45, 7) is 2.30. The summed E-state index contributed by atoms with van der Waals surface area (Å²) in [6.07, 6.45) is 3.02. The Hall–Kier alpha value is -2.44. The molecule has 0 bridgehead atoms. The average Bonchev–Trinajstić information content (AvgIpc) is 2.52. The molecule has 1 aliphatic rings. The van der Waals surface area contributed by atoms with Crippen LogP contribution < -0.4 is 0 Å². The fourth-order valence-electron chi connectivity index (χ4n) is 2.97. The summed E-state index contributed by atoms with van der Waals surface area (Å²) in [4.78, 5) is 35.7. The summed E-state index contributed by atoms with van der Waals surface area (Å²) >= 11 is 0. The molecule has 1 aromatic carbocycles. The predicted octanol–water partition coefficient (Wildman–Crippen LogP) is 2.76. The molecule has 0 aromatic heterocycles. The standard InChI is InChI=1S/C16H20N2O5/c1-11-5-6-13(18(22)23)10-14(11)16(21)17-9-3-2-4-12(17)7-8-15(19)20/h5-6,10,12H,2-4,7-9H2,1H3,(H,19,20). The number of nitro groups is 1. The van der Waals surface area contributed by atoms with E-state index in [1.807, 2.05) is 0 Å². The number of carboxylic acid groups (broad SMARTS) is 1. The lowest BCUT2D eigenvalue weighted by atomic mass is 9.96. The predicted molar refractivity (Wildman–Crippen MR) is 83.4 cm³/mol. The van der Waals surface area contributed by atoms with Crippen LogP contribution in [0.15, 0.2) is 18.2 Å². The van der Waals surface area contributed by atoms with Crippen LogP contribution in [0.5, 0.6) is 0 Å². The minimum absolute atomic E-state index is 0.0162. The van der Waals surface area contributed by atoms with Gasteiger partial charge in [0.25, 0.3) is 11.6 Å². The second-order valence-electron chi connectivity index (χ2n) is 5.84. The van der Waals surface area contributed by atoms with E-state index in [1.54, 1.807) is 17.9 Å². The number of hydrogen-bond acceptors (Lipinski definition) is 4. The highest BCUT2D eigenvalue weighted by molar-refractivity contribution is 5.96. The molecule has 23 heavy (non-hydrogen) atoms. The van der Waals surface area contributed by atoms with Gasteiger partial charge in [0.05, 0.1) is 4.92 Å². The number of aliphatic carboxylic acids is 1. The number of hydrogen-bond donors (Lipinski definition) is 1. The smallest absolute Gasteiger partial charge is 0.303 e. The van der Waals surface area contributed by atoms with Gasteiger partial charge in [-0.1, -0.05) is 6.07 Å². The van der Waals surface area contributed by atoms with Crippen molar-refractivity contribution in [2.45, 2.75) is 45.1 Å². The van der Waals surface area contributed by atoms with Crippen molar-refractivity contribution < 1.29 is 19.6 Å². The van der Waals surface area contributed by atoms with Crippen molar-refractivity contribution in [1.29, 1.82) is 0 Å². The van der Waals surface area contributed by atoms with Crippen LogP contribution in [0.3, 0.4) is 0 Å². The van der Waals surface area contributed by atoms with Gasteiger partial charge in [0.15, 0.2) is 0 Å². The molecular weight excluding hydrogens is 300 g/mol. The van der Waals surface area contributed by atoms with Crippen LogP contribution in [0.4, 0.5) is 5.69 Å². The summed E-state index contributed by atoms with van der Waals surface area (Å²) in [5.41, 5.74) is 0.891. The van der Waals surface area contributed by atoms with Gasteiger partial charge in [-0.2, -0.15) is 0 Å². The third kappa shape index (κ3) is 4.06. The summed E-state index contributed by atoms with van der Waals surface area (Å²) in [5, 5.41) is 19.8. The Kier molecular flexibility index (Phi) is 5.31. The number of carbonyl (C=O) groups excluding carboxylic acids is 1. The number of amides is 1. The van der Waals surface area contributed by atoms with Crippen LogP contribution in [-0.4, -0.2) is 39.4 Å². The number of piperidine rings is 1. The fourth-order valence-corrected chi connectivity index (χ4v) is 2.97. The van der Waals surface area contributed by atoms with Gasteiger partial charge in [-0.05, 0) is 38.2 Å². The van der Waals surface area contributed by atoms with Crippen LogP contribution in [-0.2, 0) is 4.79 Å². The Morgan fingerprint density at radius 2 is 2.13 bits per heavy atom. The van der Waals surface area contributed by atoms with E-state index in [9.17, 15) is 19.7 Å². The summed E-state index contributed by atoms with van der Waals surface area (Å²) in [7, 11) is 0. The first kappa shape index (κ1) is 16.9. The minimum Gasteiger partial charge on any atom is -0.481 e. The fraction of sp³-hybridized carbons (Fsp3) is 0.500. The van der Waals surface area contributed by atoms with Gasteiger partial charge in [-0.3, -0.25) is 19.7 Å². The lowest BCUT2D eigenvalue weighted by molar-refractivity contribution is -0.384. The summed E-state index contributed by atoms with van der Waals surface area (Å²) in [6, 6.07) is 4.14. The van der Waals surface area contributed by atoms with Gasteiger partial charge in [0, 0.05) is 36.7 Å². The Morgan fingerprint density at radius 1 is 1.39 bits per heavy atom. The van der Waals surface area contributed by atoms with E-state index in [0.29, 0.717) is 24.1 Å². The SMILES string of the molecule is Cc1ccc([N+](=O)[O-])cc1C(=O)N1CCCCC1CCC(=O)O. The zero-order valence-electron chi connectivity index (χ0n) is 13.0. The lowest BCUT2D eigenvalue weighted by Gasteiger charge is -2.36. The average molecular weight is 320 g/mol. The van der Waals surface area contributed by atoms with Gasteiger partial charge in [-0.15, -0.1) is 0 Å². The van der Waals surface area contributed by atoms with E-state index in [4.69, 9.17) is 5.11 Å². The van der Waals surface area contributed by atoms with Gasteiger partial charge in [0.2, 0.25) is 0 Å². The third-order valence-corrected chi connectivity index (χ3v) is 4.24. The number of aryl methyl sites for hydroxylation is 1. The van der Waals surface area contributed by atoms with Crippen molar-refractivity contribution in [1.82, 2.24) is 4.90 Å². The largest absolute Gasteiger partial charge is 0.481 e. The van der Waals surface area contributed by atoms with Gasteiger partial charge in [0.1, 0.15) is 0 Å². The lowest BCUT2D eigenvalue weighted by Crippen LogP contribution is -2.44. The van der Waals surface area contributed by atoms with Crippen LogP contribution in [0, 0.1) is 17.0 Å². The molecule has 0 saturated carbocycles. The first-order chi connectivity index (χ1) is 10.9. The maximum Gasteiger partial charge on any atom is 0.303 e. The number of benzene rings is 1. The molecule has 1 heterocycles. The Bertz CT molecular complexity index is 629. The molecule has 1 N–H and O–H groups in total. The molecule has 7 nitrogen and oxygen atoms in total. The van der Waals surface area contributed by atoms with Gasteiger partial charge >= 0.3 is 5.97 Å². The molecule has 0 radical (unpaired) electrons. The zero-order valence-corrected chi connectivity index (χ0v) is 13.0. The van der Waals surface area contributed by atoms with E-state index < -0.39 is 10.9 Å². The van der Waals surface area contributed by atoms with E-state index >= 15 is 0 Å². The highest BCUT2D eigenvalue weighted by atomic mass is 16.6. The first-order valence-electron chi connectivity index (χ1n) is 7.68. The normalized spacial score (nSPS) is 17.8. The molecular formula is C16H20N2O5. The number of rotatable bonds is 5. The second kappa shape index (κ2) is 7.21. The maximum atomic E-state index is 12.8. The molecule has 0 spiro atoms. The van der Waals surface area contributed by atoms with Crippen molar-refractivity contribution in [2.24, 2.45) is 0 Å². The van der Waals surface area contributed by atoms with Crippen LogP contribution >= 0.6 is 0 Å². The topological polar surface area (TPSA) is 101 Å². The number of likely N-dealkylation sites (tertiary alicyclic amines) is 1. The Balaban J connectivity index is 2.24. The molecule has 1 aliphatic heterocycles. The van der Waals surface area contributed by atoms with Crippen molar-refractivity contribution in [3.8, 4) is 0 Å². The second-order valence-corrected chi connectivity index (χ2v) is 5.84. The molecule has 1 unspecified atom stereocenters. The van der Waals surface area contributed by atoms with Crippen molar-refractivity contribution in [3.63, 3.8) is 0 Å². The van der Waals surface area contributed by atoms with Gasteiger partial charge < -0.3 is 10.0 Å². The molecule has 1 atom stereocenters. The van der Waals surface area contributed by atoms with Crippen LogP contribution in [0.2, 0.25) is 0 Å². The number of nitro benzene ring substituents is 1. The Labute approximate surface area is 134 Å². The third-order valence-electron chi connectivity index (χ3n) is 4.24. The number of non-ortho nitro benzene ring substituents is 1. The molecule has 1 amide bonds.